The average molecular weight is 451 g/mol. The lowest BCUT2D eigenvalue weighted by Crippen LogP contribution is -2.61. The van der Waals surface area contributed by atoms with Crippen molar-refractivity contribution in [3.05, 3.63) is 0 Å². The minimum Gasteiger partial charge on any atom is -0.469 e. The molecule has 0 aromatic rings. The van der Waals surface area contributed by atoms with Crippen LogP contribution >= 0.6 is 0 Å². The lowest BCUT2D eigenvalue weighted by Gasteiger charge is -2.62. The SMILES string of the molecule is COC(=O)CCC1O[C@H]2C[C@H]3[C@@H]([C@H](O)C[C@@H]4C[C@H](OCCO)CC[C@@]43C)[C@@H]3CCC1[C@@]23C. The van der Waals surface area contributed by atoms with Crippen LogP contribution < -0.4 is 0 Å². The zero-order valence-electron chi connectivity index (χ0n) is 20.0. The normalized spacial score (nSPS) is 51.6. The standard InChI is InChI=1S/C26H42O6/c1-25-9-8-16(31-11-10-27)12-15(25)13-20(28)24-18-5-4-17-21(6-7-23(29)30-3)32-22(14-19(24)25)26(17,18)2/h15-22,24,27-28H,4-14H2,1-3H3/t15-,16+,17?,18-,19-,20+,21?,22-,24-,25-,26+/m0/s1. The largest absolute Gasteiger partial charge is 0.469 e. The predicted octanol–water partition coefficient (Wildman–Crippen LogP) is 3.32. The Balaban J connectivity index is 1.37. The van der Waals surface area contributed by atoms with E-state index in [1.54, 1.807) is 0 Å². The summed E-state index contributed by atoms with van der Waals surface area (Å²) in [7, 11) is 1.46. The first kappa shape index (κ1) is 23.1. The highest BCUT2D eigenvalue weighted by Crippen LogP contribution is 2.70. The molecule has 0 radical (unpaired) electrons. The number of hydrogen-bond acceptors (Lipinski definition) is 6. The number of aliphatic hydroxyl groups excluding tert-OH is 2. The van der Waals surface area contributed by atoms with Crippen molar-refractivity contribution in [1.29, 1.82) is 0 Å². The lowest BCUT2D eigenvalue weighted by atomic mass is 9.43. The Morgan fingerprint density at radius 3 is 2.62 bits per heavy atom. The molecule has 32 heavy (non-hydrogen) atoms. The maximum Gasteiger partial charge on any atom is 0.305 e. The van der Waals surface area contributed by atoms with E-state index in [1.165, 1.54) is 13.5 Å². The lowest BCUT2D eigenvalue weighted by molar-refractivity contribution is -0.196. The number of ether oxygens (including phenoxy) is 3. The third-order valence-corrected chi connectivity index (χ3v) is 10.9. The molecule has 0 aromatic heterocycles. The first-order chi connectivity index (χ1) is 15.3. The molecule has 5 rings (SSSR count). The summed E-state index contributed by atoms with van der Waals surface area (Å²) in [5, 5.41) is 20.6. The fourth-order valence-electron chi connectivity index (χ4n) is 9.29. The van der Waals surface area contributed by atoms with Crippen LogP contribution in [0.3, 0.4) is 0 Å². The molecule has 11 atom stereocenters. The van der Waals surface area contributed by atoms with Crippen molar-refractivity contribution in [3.8, 4) is 0 Å². The molecular formula is C26H42O6. The van der Waals surface area contributed by atoms with Crippen LogP contribution in [-0.2, 0) is 19.0 Å². The van der Waals surface area contributed by atoms with E-state index in [9.17, 15) is 9.90 Å². The summed E-state index contributed by atoms with van der Waals surface area (Å²) >= 11 is 0. The van der Waals surface area contributed by atoms with Gasteiger partial charge in [-0.2, -0.15) is 0 Å². The molecule has 4 saturated carbocycles. The molecule has 0 bridgehead atoms. The summed E-state index contributed by atoms with van der Waals surface area (Å²) in [5.74, 6) is 2.16. The van der Waals surface area contributed by atoms with Gasteiger partial charge in [0, 0.05) is 11.8 Å². The van der Waals surface area contributed by atoms with Gasteiger partial charge < -0.3 is 24.4 Å². The Morgan fingerprint density at radius 2 is 1.88 bits per heavy atom. The van der Waals surface area contributed by atoms with Crippen molar-refractivity contribution in [1.82, 2.24) is 0 Å². The first-order valence-corrected chi connectivity index (χ1v) is 13.0. The Hall–Kier alpha value is -0.690. The van der Waals surface area contributed by atoms with E-state index >= 15 is 0 Å². The van der Waals surface area contributed by atoms with E-state index in [1.807, 2.05) is 0 Å². The predicted molar refractivity (Wildman–Crippen MR) is 119 cm³/mol. The van der Waals surface area contributed by atoms with Crippen LogP contribution in [0, 0.1) is 40.4 Å². The molecule has 5 aliphatic rings. The summed E-state index contributed by atoms with van der Waals surface area (Å²) in [6.07, 6.45) is 8.92. The second kappa shape index (κ2) is 8.51. The molecule has 1 heterocycles. The van der Waals surface area contributed by atoms with Gasteiger partial charge in [0.15, 0.2) is 0 Å². The van der Waals surface area contributed by atoms with Crippen LogP contribution in [-0.4, -0.2) is 60.9 Å². The zero-order chi connectivity index (χ0) is 22.7. The average Bonchev–Trinajstić information content (AvgIpc) is 3.27. The van der Waals surface area contributed by atoms with E-state index in [-0.39, 0.29) is 47.8 Å². The number of hydrogen-bond donors (Lipinski definition) is 2. The molecule has 1 saturated heterocycles. The smallest absolute Gasteiger partial charge is 0.305 e. The number of aliphatic hydroxyl groups is 2. The van der Waals surface area contributed by atoms with Crippen LogP contribution in [0.4, 0.5) is 0 Å². The van der Waals surface area contributed by atoms with Gasteiger partial charge in [-0.15, -0.1) is 0 Å². The molecular weight excluding hydrogens is 408 g/mol. The van der Waals surface area contributed by atoms with Gasteiger partial charge in [-0.3, -0.25) is 4.79 Å². The highest BCUT2D eigenvalue weighted by atomic mass is 16.5. The second-order valence-corrected chi connectivity index (χ2v) is 11.9. The molecule has 1 aliphatic heterocycles. The molecule has 182 valence electrons. The van der Waals surface area contributed by atoms with E-state index < -0.39 is 0 Å². The monoisotopic (exact) mass is 450 g/mol. The van der Waals surface area contributed by atoms with Gasteiger partial charge in [0.1, 0.15) is 0 Å². The van der Waals surface area contributed by atoms with Crippen molar-refractivity contribution < 1.29 is 29.2 Å². The Kier molecular flexibility index (Phi) is 6.14. The first-order valence-electron chi connectivity index (χ1n) is 13.0. The molecule has 6 heteroatoms. The Morgan fingerprint density at radius 1 is 1.09 bits per heavy atom. The molecule has 2 N–H and O–H groups in total. The summed E-state index contributed by atoms with van der Waals surface area (Å²) in [5.41, 5.74) is 0.337. The second-order valence-electron chi connectivity index (χ2n) is 11.9. The fourth-order valence-corrected chi connectivity index (χ4v) is 9.29. The third kappa shape index (κ3) is 3.38. The Labute approximate surface area is 192 Å². The van der Waals surface area contributed by atoms with Crippen molar-refractivity contribution in [2.45, 2.75) is 96.1 Å². The minimum absolute atomic E-state index is 0.0728. The van der Waals surface area contributed by atoms with Crippen LogP contribution in [0.5, 0.6) is 0 Å². The summed E-state index contributed by atoms with van der Waals surface area (Å²) in [6.45, 7) is 5.38. The minimum atomic E-state index is -0.245. The maximum atomic E-state index is 11.8. The molecule has 5 fully saturated rings. The van der Waals surface area contributed by atoms with E-state index in [0.717, 1.165) is 44.9 Å². The number of rotatable bonds is 6. The molecule has 4 aliphatic carbocycles. The van der Waals surface area contributed by atoms with E-state index in [2.05, 4.69) is 13.8 Å². The number of carbonyl (C=O) groups excluding carboxylic acids is 1. The molecule has 6 nitrogen and oxygen atoms in total. The van der Waals surface area contributed by atoms with Gasteiger partial charge in [0.25, 0.3) is 0 Å². The topological polar surface area (TPSA) is 85.2 Å². The molecule has 2 unspecified atom stereocenters. The Bertz CT molecular complexity index is 712. The van der Waals surface area contributed by atoms with Gasteiger partial charge in [-0.1, -0.05) is 13.8 Å². The number of esters is 1. The van der Waals surface area contributed by atoms with Crippen molar-refractivity contribution >= 4 is 5.97 Å². The highest BCUT2D eigenvalue weighted by molar-refractivity contribution is 5.69. The van der Waals surface area contributed by atoms with Crippen LogP contribution in [0.1, 0.15) is 71.6 Å². The van der Waals surface area contributed by atoms with Gasteiger partial charge in [0.2, 0.25) is 0 Å². The van der Waals surface area contributed by atoms with Crippen molar-refractivity contribution in [3.63, 3.8) is 0 Å². The summed E-state index contributed by atoms with van der Waals surface area (Å²) in [6, 6.07) is 0. The zero-order valence-corrected chi connectivity index (χ0v) is 20.0. The summed E-state index contributed by atoms with van der Waals surface area (Å²) in [4.78, 5) is 11.8. The van der Waals surface area contributed by atoms with Crippen molar-refractivity contribution in [2.75, 3.05) is 20.3 Å². The van der Waals surface area contributed by atoms with Crippen LogP contribution in [0.15, 0.2) is 0 Å². The van der Waals surface area contributed by atoms with Gasteiger partial charge in [0.05, 0.1) is 44.7 Å². The summed E-state index contributed by atoms with van der Waals surface area (Å²) < 4.78 is 17.5. The molecule has 0 amide bonds. The van der Waals surface area contributed by atoms with Crippen LogP contribution in [0.25, 0.3) is 0 Å². The fraction of sp³-hybridized carbons (Fsp3) is 0.962. The number of fused-ring (bicyclic) bond motifs is 4. The maximum absolute atomic E-state index is 11.8. The van der Waals surface area contributed by atoms with E-state index in [0.29, 0.717) is 42.6 Å². The van der Waals surface area contributed by atoms with E-state index in [4.69, 9.17) is 19.3 Å². The quantitative estimate of drug-likeness (QED) is 0.604. The van der Waals surface area contributed by atoms with Crippen LogP contribution in [0.2, 0.25) is 0 Å². The number of methoxy groups -OCH3 is 1. The highest BCUT2D eigenvalue weighted by Gasteiger charge is 2.69. The van der Waals surface area contributed by atoms with Gasteiger partial charge in [-0.05, 0) is 86.4 Å². The molecule has 0 spiro atoms. The number of carbonyl (C=O) groups is 1. The van der Waals surface area contributed by atoms with Gasteiger partial charge in [-0.25, -0.2) is 0 Å². The van der Waals surface area contributed by atoms with Gasteiger partial charge >= 0.3 is 5.97 Å². The molecule has 0 aromatic carbocycles. The van der Waals surface area contributed by atoms with Crippen molar-refractivity contribution in [2.24, 2.45) is 40.4 Å². The third-order valence-electron chi connectivity index (χ3n) is 10.9.